The third-order valence-corrected chi connectivity index (χ3v) is 3.69. The highest BCUT2D eigenvalue weighted by atomic mass is 32.2. The Hall–Kier alpha value is -1.07. The number of hydrogen-bond acceptors (Lipinski definition) is 4. The van der Waals surface area contributed by atoms with Gasteiger partial charge in [0.1, 0.15) is 0 Å². The number of rotatable bonds is 6. The lowest BCUT2D eigenvalue weighted by molar-refractivity contribution is 0.0945. The van der Waals surface area contributed by atoms with Gasteiger partial charge in [-0.25, -0.2) is 4.98 Å². The van der Waals surface area contributed by atoms with Crippen molar-refractivity contribution in [3.63, 3.8) is 0 Å². The largest absolute Gasteiger partial charge is 0.396 e. The SMILES string of the molecule is CC(CCO)CNC(=O)c1ccnc(SC(C)(C)C)c1. The summed E-state index contributed by atoms with van der Waals surface area (Å²) in [7, 11) is 0. The molecule has 0 saturated carbocycles. The number of aliphatic hydroxyl groups is 1. The summed E-state index contributed by atoms with van der Waals surface area (Å²) < 4.78 is 0.0672. The first kappa shape index (κ1) is 17.0. The number of nitrogens with zero attached hydrogens (tertiary/aromatic N) is 1. The predicted molar refractivity (Wildman–Crippen MR) is 83.0 cm³/mol. The number of thioether (sulfide) groups is 1. The van der Waals surface area contributed by atoms with Crippen molar-refractivity contribution in [3.8, 4) is 0 Å². The smallest absolute Gasteiger partial charge is 0.251 e. The second kappa shape index (κ2) is 7.64. The van der Waals surface area contributed by atoms with Crippen LogP contribution in [0.5, 0.6) is 0 Å². The molecule has 0 aliphatic heterocycles. The molecule has 0 spiro atoms. The van der Waals surface area contributed by atoms with E-state index in [1.54, 1.807) is 24.0 Å². The Labute approximate surface area is 125 Å². The van der Waals surface area contributed by atoms with E-state index in [0.29, 0.717) is 18.5 Å². The summed E-state index contributed by atoms with van der Waals surface area (Å²) in [5.41, 5.74) is 0.628. The molecule has 112 valence electrons. The number of hydrogen-bond donors (Lipinski definition) is 2. The van der Waals surface area contributed by atoms with Crippen molar-refractivity contribution < 1.29 is 9.90 Å². The minimum atomic E-state index is -0.0899. The van der Waals surface area contributed by atoms with Gasteiger partial charge in [-0.2, -0.15) is 0 Å². The normalized spacial score (nSPS) is 13.1. The lowest BCUT2D eigenvalue weighted by Crippen LogP contribution is -2.28. The Bertz CT molecular complexity index is 444. The summed E-state index contributed by atoms with van der Waals surface area (Å²) in [5, 5.41) is 12.6. The molecular formula is C15H24N2O2S. The molecule has 0 aliphatic rings. The fourth-order valence-corrected chi connectivity index (χ4v) is 2.54. The highest BCUT2D eigenvalue weighted by Crippen LogP contribution is 2.30. The van der Waals surface area contributed by atoms with Gasteiger partial charge in [-0.3, -0.25) is 4.79 Å². The van der Waals surface area contributed by atoms with Crippen LogP contribution < -0.4 is 5.32 Å². The van der Waals surface area contributed by atoms with Crippen molar-refractivity contribution in [2.75, 3.05) is 13.2 Å². The molecule has 1 rings (SSSR count). The highest BCUT2D eigenvalue weighted by Gasteiger charge is 2.15. The molecule has 0 aromatic carbocycles. The van der Waals surface area contributed by atoms with Gasteiger partial charge in [0, 0.05) is 29.7 Å². The number of aromatic nitrogens is 1. The van der Waals surface area contributed by atoms with Crippen LogP contribution in [0.4, 0.5) is 0 Å². The average Bonchev–Trinajstić information content (AvgIpc) is 2.34. The maximum absolute atomic E-state index is 12.1. The monoisotopic (exact) mass is 296 g/mol. The highest BCUT2D eigenvalue weighted by molar-refractivity contribution is 8.00. The van der Waals surface area contributed by atoms with Gasteiger partial charge in [-0.05, 0) is 24.5 Å². The molecule has 2 N–H and O–H groups in total. The third kappa shape index (κ3) is 6.39. The van der Waals surface area contributed by atoms with E-state index < -0.39 is 0 Å². The zero-order valence-corrected chi connectivity index (χ0v) is 13.5. The van der Waals surface area contributed by atoms with E-state index in [2.05, 4.69) is 31.1 Å². The summed E-state index contributed by atoms with van der Waals surface area (Å²) in [5.74, 6) is 0.183. The quantitative estimate of drug-likeness (QED) is 0.792. The standard InChI is InChI=1S/C15H24N2O2S/c1-11(6-8-18)10-17-14(19)12-5-7-16-13(9-12)20-15(2,3)4/h5,7,9,11,18H,6,8,10H2,1-4H3,(H,17,19). The Balaban J connectivity index is 2.62. The second-order valence-corrected chi connectivity index (χ2v) is 7.77. The molecule has 1 amide bonds. The van der Waals surface area contributed by atoms with Crippen LogP contribution in [0.2, 0.25) is 0 Å². The van der Waals surface area contributed by atoms with Crippen molar-refractivity contribution in [2.45, 2.75) is 43.9 Å². The number of amides is 1. The molecule has 5 heteroatoms. The first-order valence-electron chi connectivity index (χ1n) is 6.86. The molecular weight excluding hydrogens is 272 g/mol. The van der Waals surface area contributed by atoms with Crippen molar-refractivity contribution in [1.29, 1.82) is 0 Å². The fraction of sp³-hybridized carbons (Fsp3) is 0.600. The molecule has 1 aromatic rings. The molecule has 0 aliphatic carbocycles. The Kier molecular flexibility index (Phi) is 6.49. The van der Waals surface area contributed by atoms with Crippen LogP contribution >= 0.6 is 11.8 Å². The van der Waals surface area contributed by atoms with Gasteiger partial charge < -0.3 is 10.4 Å². The molecule has 0 saturated heterocycles. The second-order valence-electron chi connectivity index (χ2n) is 5.92. The predicted octanol–water partition coefficient (Wildman–Crippen LogP) is 2.72. The Morgan fingerprint density at radius 1 is 1.50 bits per heavy atom. The van der Waals surface area contributed by atoms with Crippen LogP contribution in [0.25, 0.3) is 0 Å². The summed E-state index contributed by atoms with van der Waals surface area (Å²) in [6.45, 7) is 9.07. The van der Waals surface area contributed by atoms with Crippen LogP contribution in [0.1, 0.15) is 44.5 Å². The Morgan fingerprint density at radius 3 is 2.80 bits per heavy atom. The van der Waals surface area contributed by atoms with Crippen molar-refractivity contribution in [1.82, 2.24) is 10.3 Å². The van der Waals surface area contributed by atoms with E-state index in [1.807, 2.05) is 13.0 Å². The summed E-state index contributed by atoms with van der Waals surface area (Å²) >= 11 is 1.64. The van der Waals surface area contributed by atoms with Gasteiger partial charge in [-0.1, -0.05) is 27.7 Å². The van der Waals surface area contributed by atoms with Crippen LogP contribution in [0.15, 0.2) is 23.4 Å². The topological polar surface area (TPSA) is 62.2 Å². The van der Waals surface area contributed by atoms with Gasteiger partial charge in [0.15, 0.2) is 0 Å². The molecule has 4 nitrogen and oxygen atoms in total. The van der Waals surface area contributed by atoms with Gasteiger partial charge in [-0.15, -0.1) is 11.8 Å². The van der Waals surface area contributed by atoms with Crippen molar-refractivity contribution in [3.05, 3.63) is 23.9 Å². The minimum Gasteiger partial charge on any atom is -0.396 e. The molecule has 0 bridgehead atoms. The van der Waals surface area contributed by atoms with Crippen LogP contribution in [0.3, 0.4) is 0 Å². The van der Waals surface area contributed by atoms with Gasteiger partial charge in [0.2, 0.25) is 0 Å². The van der Waals surface area contributed by atoms with Gasteiger partial charge >= 0.3 is 0 Å². The average molecular weight is 296 g/mol. The molecule has 0 fully saturated rings. The molecule has 1 unspecified atom stereocenters. The first-order chi connectivity index (χ1) is 9.31. The molecule has 1 atom stereocenters. The molecule has 0 radical (unpaired) electrons. The van der Waals surface area contributed by atoms with E-state index in [-0.39, 0.29) is 23.2 Å². The number of pyridine rings is 1. The van der Waals surface area contributed by atoms with E-state index in [1.165, 1.54) is 0 Å². The fourth-order valence-electron chi connectivity index (χ4n) is 1.61. The zero-order chi connectivity index (χ0) is 15.2. The third-order valence-electron chi connectivity index (χ3n) is 2.64. The van der Waals surface area contributed by atoms with Crippen molar-refractivity contribution in [2.24, 2.45) is 5.92 Å². The molecule has 1 heterocycles. The maximum atomic E-state index is 12.1. The zero-order valence-electron chi connectivity index (χ0n) is 12.6. The minimum absolute atomic E-state index is 0.0672. The lowest BCUT2D eigenvalue weighted by Gasteiger charge is -2.17. The maximum Gasteiger partial charge on any atom is 0.251 e. The van der Waals surface area contributed by atoms with E-state index in [4.69, 9.17) is 5.11 Å². The number of nitrogens with one attached hydrogen (secondary N) is 1. The number of carbonyl (C=O) groups excluding carboxylic acids is 1. The number of aliphatic hydroxyl groups excluding tert-OH is 1. The molecule has 20 heavy (non-hydrogen) atoms. The van der Waals surface area contributed by atoms with Crippen LogP contribution in [0, 0.1) is 5.92 Å². The van der Waals surface area contributed by atoms with Gasteiger partial charge in [0.25, 0.3) is 5.91 Å². The lowest BCUT2D eigenvalue weighted by atomic mass is 10.1. The van der Waals surface area contributed by atoms with Crippen molar-refractivity contribution >= 4 is 17.7 Å². The van der Waals surface area contributed by atoms with Crippen LogP contribution in [-0.4, -0.2) is 33.9 Å². The van der Waals surface area contributed by atoms with E-state index in [9.17, 15) is 4.79 Å². The van der Waals surface area contributed by atoms with E-state index >= 15 is 0 Å². The summed E-state index contributed by atoms with van der Waals surface area (Å²) in [6.07, 6.45) is 2.36. The Morgan fingerprint density at radius 2 is 2.20 bits per heavy atom. The van der Waals surface area contributed by atoms with Crippen LogP contribution in [-0.2, 0) is 0 Å². The number of carbonyl (C=O) groups is 1. The van der Waals surface area contributed by atoms with Gasteiger partial charge in [0.05, 0.1) is 5.03 Å². The first-order valence-corrected chi connectivity index (χ1v) is 7.67. The summed E-state index contributed by atoms with van der Waals surface area (Å²) in [6, 6.07) is 3.54. The summed E-state index contributed by atoms with van der Waals surface area (Å²) in [4.78, 5) is 16.3. The van der Waals surface area contributed by atoms with E-state index in [0.717, 1.165) is 5.03 Å². The molecule has 1 aromatic heterocycles.